The Morgan fingerprint density at radius 3 is 2.33 bits per heavy atom. The molecule has 3 atom stereocenters. The number of hydrogen-bond donors (Lipinski definition) is 2. The zero-order valence-electron chi connectivity index (χ0n) is 12.0. The van der Waals surface area contributed by atoms with Crippen molar-refractivity contribution in [3.8, 4) is 0 Å². The van der Waals surface area contributed by atoms with Crippen LogP contribution in [0.2, 0.25) is 5.02 Å². The van der Waals surface area contributed by atoms with E-state index in [1.165, 1.54) is 0 Å². The number of halogens is 1. The van der Waals surface area contributed by atoms with Crippen LogP contribution in [0.25, 0.3) is 0 Å². The second-order valence-corrected chi connectivity index (χ2v) is 6.05. The lowest BCUT2D eigenvalue weighted by Crippen LogP contribution is -2.40. The molecule has 0 radical (unpaired) electrons. The molecule has 21 heavy (non-hydrogen) atoms. The molecule has 1 amide bonds. The molecule has 5 heteroatoms. The smallest absolute Gasteiger partial charge is 0.307 e. The summed E-state index contributed by atoms with van der Waals surface area (Å²) in [6, 6.07) is 7.12. The van der Waals surface area contributed by atoms with Gasteiger partial charge in [0, 0.05) is 5.02 Å². The summed E-state index contributed by atoms with van der Waals surface area (Å²) in [5.41, 5.74) is 0.954. The van der Waals surface area contributed by atoms with Gasteiger partial charge in [-0.25, -0.2) is 0 Å². The molecule has 1 aromatic carbocycles. The molecule has 1 aromatic rings. The van der Waals surface area contributed by atoms with Crippen LogP contribution in [0, 0.1) is 11.8 Å². The highest BCUT2D eigenvalue weighted by molar-refractivity contribution is 6.30. The average Bonchev–Trinajstić information content (AvgIpc) is 2.47. The molecule has 0 spiro atoms. The predicted octanol–water partition coefficient (Wildman–Crippen LogP) is 3.41. The third kappa shape index (κ3) is 3.97. The molecular formula is C16H20ClNO3. The molecule has 2 rings (SSSR count). The van der Waals surface area contributed by atoms with Crippen LogP contribution in [0.4, 0.5) is 0 Å². The summed E-state index contributed by atoms with van der Waals surface area (Å²) in [5.74, 6) is -2.01. The number of rotatable bonds is 4. The van der Waals surface area contributed by atoms with Gasteiger partial charge in [-0.15, -0.1) is 0 Å². The van der Waals surface area contributed by atoms with E-state index in [9.17, 15) is 14.7 Å². The SMILES string of the molecule is C[C@H](NC(=O)C1CCCCC1C(=O)O)c1ccc(Cl)cc1. The van der Waals surface area contributed by atoms with E-state index in [0.29, 0.717) is 17.9 Å². The minimum absolute atomic E-state index is 0.161. The molecule has 0 bridgehead atoms. The summed E-state index contributed by atoms with van der Waals surface area (Å²) < 4.78 is 0. The molecule has 0 heterocycles. The lowest BCUT2D eigenvalue weighted by atomic mass is 9.78. The number of carboxylic acid groups (broad SMARTS) is 1. The Balaban J connectivity index is 2.02. The van der Waals surface area contributed by atoms with Gasteiger partial charge in [0.15, 0.2) is 0 Å². The van der Waals surface area contributed by atoms with E-state index >= 15 is 0 Å². The fourth-order valence-electron chi connectivity index (χ4n) is 2.90. The number of carbonyl (C=O) groups excluding carboxylic acids is 1. The first-order valence-electron chi connectivity index (χ1n) is 7.27. The van der Waals surface area contributed by atoms with Crippen LogP contribution < -0.4 is 5.32 Å². The molecule has 2 unspecified atom stereocenters. The Kier molecular flexibility index (Phi) is 5.23. The monoisotopic (exact) mass is 309 g/mol. The van der Waals surface area contributed by atoms with Crippen LogP contribution in [0.1, 0.15) is 44.2 Å². The van der Waals surface area contributed by atoms with Gasteiger partial charge >= 0.3 is 5.97 Å². The second-order valence-electron chi connectivity index (χ2n) is 5.62. The highest BCUT2D eigenvalue weighted by atomic mass is 35.5. The topological polar surface area (TPSA) is 66.4 Å². The normalized spacial score (nSPS) is 23.3. The zero-order valence-corrected chi connectivity index (χ0v) is 12.8. The fourth-order valence-corrected chi connectivity index (χ4v) is 3.02. The van der Waals surface area contributed by atoms with Crippen LogP contribution >= 0.6 is 11.6 Å². The van der Waals surface area contributed by atoms with E-state index in [-0.39, 0.29) is 11.9 Å². The van der Waals surface area contributed by atoms with E-state index in [4.69, 9.17) is 11.6 Å². The third-order valence-corrected chi connectivity index (χ3v) is 4.40. The third-order valence-electron chi connectivity index (χ3n) is 4.15. The van der Waals surface area contributed by atoms with E-state index in [2.05, 4.69) is 5.32 Å². The Labute approximate surface area is 129 Å². The Bertz CT molecular complexity index is 515. The highest BCUT2D eigenvalue weighted by Gasteiger charge is 2.36. The molecule has 2 N–H and O–H groups in total. The van der Waals surface area contributed by atoms with Crippen LogP contribution in [0.15, 0.2) is 24.3 Å². The summed E-state index contributed by atoms with van der Waals surface area (Å²) in [4.78, 5) is 23.6. The van der Waals surface area contributed by atoms with Gasteiger partial charge in [0.25, 0.3) is 0 Å². The van der Waals surface area contributed by atoms with Crippen molar-refractivity contribution < 1.29 is 14.7 Å². The standard InChI is InChI=1S/C16H20ClNO3/c1-10(11-6-8-12(17)9-7-11)18-15(19)13-4-2-3-5-14(13)16(20)21/h6-10,13-14H,2-5H2,1H3,(H,18,19)(H,20,21)/t10-,13?,14?/m0/s1. The summed E-state index contributed by atoms with van der Waals surface area (Å²) in [6.07, 6.45) is 3.03. The maximum atomic E-state index is 12.4. The maximum Gasteiger partial charge on any atom is 0.307 e. The molecule has 1 aliphatic rings. The second kappa shape index (κ2) is 6.94. The first kappa shape index (κ1) is 15.8. The highest BCUT2D eigenvalue weighted by Crippen LogP contribution is 2.31. The summed E-state index contributed by atoms with van der Waals surface area (Å²) in [5, 5.41) is 12.8. The minimum Gasteiger partial charge on any atom is -0.481 e. The van der Waals surface area contributed by atoms with Gasteiger partial charge in [-0.1, -0.05) is 36.6 Å². The van der Waals surface area contributed by atoms with Crippen molar-refractivity contribution in [2.24, 2.45) is 11.8 Å². The molecule has 1 saturated carbocycles. The van der Waals surface area contributed by atoms with Gasteiger partial charge in [-0.05, 0) is 37.5 Å². The van der Waals surface area contributed by atoms with Crippen molar-refractivity contribution in [1.29, 1.82) is 0 Å². The van der Waals surface area contributed by atoms with Crippen LogP contribution in [-0.4, -0.2) is 17.0 Å². The molecule has 0 aromatic heterocycles. The van der Waals surface area contributed by atoms with Gasteiger partial charge in [-0.2, -0.15) is 0 Å². The number of aliphatic carboxylic acids is 1. The van der Waals surface area contributed by atoms with Crippen LogP contribution in [0.5, 0.6) is 0 Å². The van der Waals surface area contributed by atoms with Gasteiger partial charge in [0.2, 0.25) is 5.91 Å². The largest absolute Gasteiger partial charge is 0.481 e. The molecule has 1 fully saturated rings. The van der Waals surface area contributed by atoms with Crippen molar-refractivity contribution in [1.82, 2.24) is 5.32 Å². The van der Waals surface area contributed by atoms with Crippen LogP contribution in [-0.2, 0) is 9.59 Å². The fraction of sp³-hybridized carbons (Fsp3) is 0.500. The van der Waals surface area contributed by atoms with Crippen LogP contribution in [0.3, 0.4) is 0 Å². The van der Waals surface area contributed by atoms with Gasteiger partial charge in [0.05, 0.1) is 17.9 Å². The molecular weight excluding hydrogens is 290 g/mol. The van der Waals surface area contributed by atoms with Gasteiger partial charge in [0.1, 0.15) is 0 Å². The first-order valence-corrected chi connectivity index (χ1v) is 7.65. The van der Waals surface area contributed by atoms with Crippen molar-refractivity contribution in [2.75, 3.05) is 0 Å². The maximum absolute atomic E-state index is 12.4. The number of hydrogen-bond acceptors (Lipinski definition) is 2. The summed E-state index contributed by atoms with van der Waals surface area (Å²) in [7, 11) is 0. The Morgan fingerprint density at radius 1 is 1.19 bits per heavy atom. The predicted molar refractivity (Wildman–Crippen MR) is 81.1 cm³/mol. The quantitative estimate of drug-likeness (QED) is 0.895. The lowest BCUT2D eigenvalue weighted by Gasteiger charge is -2.28. The number of nitrogens with one attached hydrogen (secondary N) is 1. The van der Waals surface area contributed by atoms with E-state index in [1.807, 2.05) is 19.1 Å². The molecule has 1 aliphatic carbocycles. The average molecular weight is 310 g/mol. The van der Waals surface area contributed by atoms with E-state index < -0.39 is 17.8 Å². The molecule has 4 nitrogen and oxygen atoms in total. The first-order chi connectivity index (χ1) is 9.99. The summed E-state index contributed by atoms with van der Waals surface area (Å²) in [6.45, 7) is 1.89. The van der Waals surface area contributed by atoms with Crippen molar-refractivity contribution in [2.45, 2.75) is 38.6 Å². The number of amides is 1. The van der Waals surface area contributed by atoms with E-state index in [0.717, 1.165) is 18.4 Å². The lowest BCUT2D eigenvalue weighted by molar-refractivity contribution is -0.149. The molecule has 0 saturated heterocycles. The summed E-state index contributed by atoms with van der Waals surface area (Å²) >= 11 is 5.85. The zero-order chi connectivity index (χ0) is 15.4. The van der Waals surface area contributed by atoms with E-state index in [1.54, 1.807) is 12.1 Å². The molecule has 0 aliphatic heterocycles. The van der Waals surface area contributed by atoms with Gasteiger partial charge in [-0.3, -0.25) is 9.59 Å². The molecule has 114 valence electrons. The van der Waals surface area contributed by atoms with Gasteiger partial charge < -0.3 is 10.4 Å². The Hall–Kier alpha value is -1.55. The Morgan fingerprint density at radius 2 is 1.76 bits per heavy atom. The minimum atomic E-state index is -0.867. The van der Waals surface area contributed by atoms with Crippen molar-refractivity contribution >= 4 is 23.5 Å². The van der Waals surface area contributed by atoms with Crippen molar-refractivity contribution in [3.63, 3.8) is 0 Å². The van der Waals surface area contributed by atoms with Crippen molar-refractivity contribution in [3.05, 3.63) is 34.9 Å². The number of benzene rings is 1. The number of carboxylic acids is 1. The number of carbonyl (C=O) groups is 2.